The Morgan fingerprint density at radius 2 is 1.92 bits per heavy atom. The lowest BCUT2D eigenvalue weighted by Gasteiger charge is -2.38. The fourth-order valence-electron chi connectivity index (χ4n) is 2.93. The Morgan fingerprint density at radius 3 is 2.62 bits per heavy atom. The van der Waals surface area contributed by atoms with E-state index in [0.29, 0.717) is 16.2 Å². The SMILES string of the molecule is CCOc1ccccc1N1CCN(C(=S)Nc2ccc(F)cc2Br)CC1. The molecule has 1 aliphatic rings. The number of hydrogen-bond acceptors (Lipinski definition) is 3. The van der Waals surface area contributed by atoms with Crippen molar-refractivity contribution in [3.8, 4) is 5.75 Å². The second-order valence-corrected chi connectivity index (χ2v) is 7.17. The van der Waals surface area contributed by atoms with Crippen LogP contribution in [-0.4, -0.2) is 42.8 Å². The highest BCUT2D eigenvalue weighted by atomic mass is 79.9. The van der Waals surface area contributed by atoms with Crippen LogP contribution < -0.4 is 15.0 Å². The van der Waals surface area contributed by atoms with Crippen molar-refractivity contribution in [1.29, 1.82) is 0 Å². The molecule has 0 amide bonds. The van der Waals surface area contributed by atoms with E-state index in [0.717, 1.165) is 43.3 Å². The lowest BCUT2D eigenvalue weighted by molar-refractivity contribution is 0.336. The van der Waals surface area contributed by atoms with Gasteiger partial charge in [0.25, 0.3) is 0 Å². The lowest BCUT2D eigenvalue weighted by atomic mass is 10.2. The van der Waals surface area contributed by atoms with Crippen LogP contribution in [0.25, 0.3) is 0 Å². The van der Waals surface area contributed by atoms with Crippen molar-refractivity contribution >= 4 is 44.6 Å². The van der Waals surface area contributed by atoms with E-state index in [1.54, 1.807) is 6.07 Å². The summed E-state index contributed by atoms with van der Waals surface area (Å²) in [5.74, 6) is 0.634. The van der Waals surface area contributed by atoms with Crippen LogP contribution in [0.4, 0.5) is 15.8 Å². The molecule has 138 valence electrons. The normalized spacial score (nSPS) is 14.3. The predicted octanol–water partition coefficient (Wildman–Crippen LogP) is 4.51. The van der Waals surface area contributed by atoms with Gasteiger partial charge in [0, 0.05) is 30.7 Å². The van der Waals surface area contributed by atoms with Crippen molar-refractivity contribution in [2.75, 3.05) is 43.0 Å². The molecule has 0 unspecified atom stereocenters. The van der Waals surface area contributed by atoms with Gasteiger partial charge in [-0.05, 0) is 65.4 Å². The number of anilines is 2. The first-order valence-corrected chi connectivity index (χ1v) is 9.76. The molecule has 4 nitrogen and oxygen atoms in total. The molecule has 0 bridgehead atoms. The van der Waals surface area contributed by atoms with Crippen LogP contribution in [0.1, 0.15) is 6.92 Å². The number of benzene rings is 2. The smallest absolute Gasteiger partial charge is 0.173 e. The Hall–Kier alpha value is -1.86. The maximum Gasteiger partial charge on any atom is 0.173 e. The van der Waals surface area contributed by atoms with Crippen molar-refractivity contribution in [3.63, 3.8) is 0 Å². The number of rotatable bonds is 4. The zero-order valence-electron chi connectivity index (χ0n) is 14.5. The molecule has 0 aliphatic carbocycles. The van der Waals surface area contributed by atoms with Crippen molar-refractivity contribution < 1.29 is 9.13 Å². The number of halogens is 2. The number of nitrogens with zero attached hydrogens (tertiary/aromatic N) is 2. The topological polar surface area (TPSA) is 27.7 Å². The van der Waals surface area contributed by atoms with E-state index in [2.05, 4.69) is 37.1 Å². The summed E-state index contributed by atoms with van der Waals surface area (Å²) in [6, 6.07) is 12.6. The molecule has 1 aliphatic heterocycles. The molecule has 0 aromatic heterocycles. The van der Waals surface area contributed by atoms with Gasteiger partial charge in [-0.15, -0.1) is 0 Å². The van der Waals surface area contributed by atoms with Crippen LogP contribution in [0.15, 0.2) is 46.9 Å². The highest BCUT2D eigenvalue weighted by Gasteiger charge is 2.21. The molecule has 0 radical (unpaired) electrons. The zero-order chi connectivity index (χ0) is 18.5. The summed E-state index contributed by atoms with van der Waals surface area (Å²) in [6.45, 7) is 5.98. The molecule has 7 heteroatoms. The summed E-state index contributed by atoms with van der Waals surface area (Å²) in [5, 5.41) is 3.84. The summed E-state index contributed by atoms with van der Waals surface area (Å²) in [7, 11) is 0. The maximum absolute atomic E-state index is 13.2. The number of para-hydroxylation sites is 2. The van der Waals surface area contributed by atoms with Crippen LogP contribution in [0.5, 0.6) is 5.75 Å². The number of hydrogen-bond donors (Lipinski definition) is 1. The maximum atomic E-state index is 13.2. The molecule has 2 aromatic rings. The van der Waals surface area contributed by atoms with Crippen molar-refractivity contribution in [2.24, 2.45) is 0 Å². The van der Waals surface area contributed by atoms with Gasteiger partial charge in [0.15, 0.2) is 5.11 Å². The van der Waals surface area contributed by atoms with E-state index >= 15 is 0 Å². The first-order chi connectivity index (χ1) is 12.6. The predicted molar refractivity (Wildman–Crippen MR) is 112 cm³/mol. The Morgan fingerprint density at radius 1 is 1.19 bits per heavy atom. The third-order valence-corrected chi connectivity index (χ3v) is 5.26. The molecular weight excluding hydrogens is 417 g/mol. The second-order valence-electron chi connectivity index (χ2n) is 5.93. The van der Waals surface area contributed by atoms with Gasteiger partial charge in [-0.2, -0.15) is 0 Å². The molecule has 0 atom stereocenters. The zero-order valence-corrected chi connectivity index (χ0v) is 16.9. The Bertz CT molecular complexity index is 781. The van der Waals surface area contributed by atoms with Crippen LogP contribution in [-0.2, 0) is 0 Å². The fourth-order valence-corrected chi connectivity index (χ4v) is 3.67. The van der Waals surface area contributed by atoms with E-state index in [-0.39, 0.29) is 5.82 Å². The first kappa shape index (κ1) is 18.9. The van der Waals surface area contributed by atoms with E-state index in [4.69, 9.17) is 17.0 Å². The van der Waals surface area contributed by atoms with E-state index < -0.39 is 0 Å². The van der Waals surface area contributed by atoms with Crippen molar-refractivity contribution in [3.05, 3.63) is 52.8 Å². The quantitative estimate of drug-likeness (QED) is 0.710. The number of ether oxygens (including phenoxy) is 1. The van der Waals surface area contributed by atoms with Gasteiger partial charge >= 0.3 is 0 Å². The van der Waals surface area contributed by atoms with Gasteiger partial charge in [-0.1, -0.05) is 12.1 Å². The number of piperazine rings is 1. The van der Waals surface area contributed by atoms with Crippen molar-refractivity contribution in [1.82, 2.24) is 4.90 Å². The van der Waals surface area contributed by atoms with Crippen LogP contribution in [0.2, 0.25) is 0 Å². The van der Waals surface area contributed by atoms with E-state index in [9.17, 15) is 4.39 Å². The van der Waals surface area contributed by atoms with Gasteiger partial charge in [-0.25, -0.2) is 4.39 Å². The van der Waals surface area contributed by atoms with Crippen LogP contribution in [0.3, 0.4) is 0 Å². The minimum Gasteiger partial charge on any atom is -0.492 e. The molecule has 1 N–H and O–H groups in total. The van der Waals surface area contributed by atoms with Crippen LogP contribution >= 0.6 is 28.1 Å². The molecule has 1 saturated heterocycles. The minimum atomic E-state index is -0.282. The molecule has 0 saturated carbocycles. The van der Waals surface area contributed by atoms with Gasteiger partial charge in [0.1, 0.15) is 11.6 Å². The molecule has 26 heavy (non-hydrogen) atoms. The average Bonchev–Trinajstić information content (AvgIpc) is 2.65. The molecule has 0 spiro atoms. The van der Waals surface area contributed by atoms with Crippen LogP contribution in [0, 0.1) is 5.82 Å². The van der Waals surface area contributed by atoms with Gasteiger partial charge < -0.3 is 19.9 Å². The highest BCUT2D eigenvalue weighted by Crippen LogP contribution is 2.29. The Labute approximate surface area is 167 Å². The van der Waals surface area contributed by atoms with E-state index in [1.807, 2.05) is 25.1 Å². The Balaban J connectivity index is 1.60. The number of thiocarbonyl (C=S) groups is 1. The monoisotopic (exact) mass is 437 g/mol. The number of nitrogens with one attached hydrogen (secondary N) is 1. The molecule has 1 fully saturated rings. The fraction of sp³-hybridized carbons (Fsp3) is 0.316. The Kier molecular flexibility index (Phi) is 6.32. The summed E-state index contributed by atoms with van der Waals surface area (Å²) in [6.07, 6.45) is 0. The van der Waals surface area contributed by atoms with Crippen molar-refractivity contribution in [2.45, 2.75) is 6.92 Å². The summed E-state index contributed by atoms with van der Waals surface area (Å²) in [4.78, 5) is 4.45. The van der Waals surface area contributed by atoms with E-state index in [1.165, 1.54) is 12.1 Å². The standard InChI is InChI=1S/C19H21BrFN3OS/c1-2-25-18-6-4-3-5-17(18)23-9-11-24(12-10-23)19(26)22-16-8-7-14(21)13-15(16)20/h3-8,13H,2,9-12H2,1H3,(H,22,26). The molecule has 3 rings (SSSR count). The summed E-state index contributed by atoms with van der Waals surface area (Å²) in [5.41, 5.74) is 1.88. The first-order valence-electron chi connectivity index (χ1n) is 8.56. The summed E-state index contributed by atoms with van der Waals surface area (Å²) < 4.78 is 19.6. The largest absolute Gasteiger partial charge is 0.492 e. The average molecular weight is 438 g/mol. The molecule has 1 heterocycles. The van der Waals surface area contributed by atoms with Gasteiger partial charge in [0.2, 0.25) is 0 Å². The van der Waals surface area contributed by atoms with Gasteiger partial charge in [0.05, 0.1) is 18.0 Å². The molecular formula is C19H21BrFN3OS. The summed E-state index contributed by atoms with van der Waals surface area (Å²) >= 11 is 8.89. The second kappa shape index (κ2) is 8.68. The highest BCUT2D eigenvalue weighted by molar-refractivity contribution is 9.10. The molecule has 2 aromatic carbocycles. The minimum absolute atomic E-state index is 0.282. The third kappa shape index (κ3) is 4.45. The van der Waals surface area contributed by atoms with Gasteiger partial charge in [-0.3, -0.25) is 0 Å². The lowest BCUT2D eigenvalue weighted by Crippen LogP contribution is -2.50. The third-order valence-electron chi connectivity index (χ3n) is 4.25.